The molecular weight excluding hydrogens is 214 g/mol. The van der Waals surface area contributed by atoms with Crippen molar-refractivity contribution in [2.75, 3.05) is 18.6 Å². The molecule has 0 aliphatic heterocycles. The third kappa shape index (κ3) is 2.77. The zero-order valence-electron chi connectivity index (χ0n) is 8.82. The molecule has 6 heteroatoms. The van der Waals surface area contributed by atoms with Gasteiger partial charge in [-0.2, -0.15) is 11.8 Å². The fourth-order valence-electron chi connectivity index (χ4n) is 1.41. The Morgan fingerprint density at radius 3 is 2.80 bits per heavy atom. The minimum absolute atomic E-state index is 0.0323. The van der Waals surface area contributed by atoms with Gasteiger partial charge in [-0.05, 0) is 31.3 Å². The number of nitrogens with two attached hydrogens (primary N) is 1. The lowest BCUT2D eigenvalue weighted by Gasteiger charge is -2.13. The number of thioether (sulfide) groups is 1. The van der Waals surface area contributed by atoms with Gasteiger partial charge in [-0.25, -0.2) is 0 Å². The van der Waals surface area contributed by atoms with Crippen LogP contribution in [0.25, 0.3) is 0 Å². The van der Waals surface area contributed by atoms with Crippen LogP contribution in [0.5, 0.6) is 0 Å². The Labute approximate surface area is 93.5 Å². The largest absolute Gasteiger partial charge is 0.409 e. The Kier molecular flexibility index (Phi) is 4.26. The van der Waals surface area contributed by atoms with Crippen LogP contribution in [0.1, 0.15) is 19.3 Å². The van der Waals surface area contributed by atoms with Crippen LogP contribution in [-0.2, 0) is 4.79 Å². The first-order valence-electron chi connectivity index (χ1n) is 4.92. The fourth-order valence-corrected chi connectivity index (χ4v) is 1.84. The second kappa shape index (κ2) is 5.25. The molecule has 86 valence electrons. The Morgan fingerprint density at radius 1 is 1.67 bits per heavy atom. The fraction of sp³-hybridized carbons (Fsp3) is 0.778. The molecule has 4 N–H and O–H groups in total. The van der Waals surface area contributed by atoms with Crippen molar-refractivity contribution in [1.82, 2.24) is 5.32 Å². The molecule has 1 fully saturated rings. The van der Waals surface area contributed by atoms with Crippen molar-refractivity contribution >= 4 is 23.5 Å². The van der Waals surface area contributed by atoms with Crippen LogP contribution in [0.4, 0.5) is 0 Å². The molecule has 1 aliphatic rings. The molecule has 0 aromatic heterocycles. The van der Waals surface area contributed by atoms with Gasteiger partial charge in [0.15, 0.2) is 5.84 Å². The monoisotopic (exact) mass is 231 g/mol. The van der Waals surface area contributed by atoms with Crippen molar-refractivity contribution in [1.29, 1.82) is 0 Å². The van der Waals surface area contributed by atoms with E-state index in [9.17, 15) is 4.79 Å². The van der Waals surface area contributed by atoms with Gasteiger partial charge in [-0.15, -0.1) is 0 Å². The van der Waals surface area contributed by atoms with E-state index in [4.69, 9.17) is 10.9 Å². The number of nitrogens with one attached hydrogen (secondary N) is 1. The molecule has 0 aromatic carbocycles. The van der Waals surface area contributed by atoms with Crippen molar-refractivity contribution in [3.8, 4) is 0 Å². The van der Waals surface area contributed by atoms with E-state index in [0.717, 1.165) is 12.2 Å². The highest BCUT2D eigenvalue weighted by molar-refractivity contribution is 7.98. The molecule has 1 aliphatic carbocycles. The van der Waals surface area contributed by atoms with Gasteiger partial charge >= 0.3 is 0 Å². The molecule has 15 heavy (non-hydrogen) atoms. The summed E-state index contributed by atoms with van der Waals surface area (Å²) in [7, 11) is 0. The molecule has 0 aromatic rings. The average molecular weight is 231 g/mol. The highest BCUT2D eigenvalue weighted by Gasteiger charge is 2.53. The lowest BCUT2D eigenvalue weighted by Crippen LogP contribution is -2.41. The predicted octanol–water partition coefficient (Wildman–Crippen LogP) is 0.382. The van der Waals surface area contributed by atoms with Gasteiger partial charge in [0, 0.05) is 6.54 Å². The smallest absolute Gasteiger partial charge is 0.233 e. The van der Waals surface area contributed by atoms with Gasteiger partial charge in [0.25, 0.3) is 0 Å². The number of amidine groups is 1. The van der Waals surface area contributed by atoms with Crippen LogP contribution in [0.2, 0.25) is 0 Å². The summed E-state index contributed by atoms with van der Waals surface area (Å²) < 4.78 is 0. The highest BCUT2D eigenvalue weighted by Crippen LogP contribution is 2.45. The standard InChI is InChI=1S/C9H17N3O2S/c1-15-6-2-5-11-8(13)9(3-4-9)7(10)12-14/h14H,2-6H2,1H3,(H2,10,12)(H,11,13). The van der Waals surface area contributed by atoms with Crippen LogP contribution in [-0.4, -0.2) is 35.5 Å². The Bertz CT molecular complexity index is 264. The van der Waals surface area contributed by atoms with Gasteiger partial charge in [-0.1, -0.05) is 5.16 Å². The summed E-state index contributed by atoms with van der Waals surface area (Å²) in [4.78, 5) is 11.7. The minimum Gasteiger partial charge on any atom is -0.409 e. The Hall–Kier alpha value is -0.910. The lowest BCUT2D eigenvalue weighted by atomic mass is 10.1. The number of rotatable bonds is 6. The van der Waals surface area contributed by atoms with Crippen LogP contribution < -0.4 is 11.1 Å². The van der Waals surface area contributed by atoms with E-state index in [1.807, 2.05) is 6.26 Å². The van der Waals surface area contributed by atoms with E-state index in [1.165, 1.54) is 0 Å². The van der Waals surface area contributed by atoms with Gasteiger partial charge in [0.2, 0.25) is 5.91 Å². The molecule has 0 radical (unpaired) electrons. The quantitative estimate of drug-likeness (QED) is 0.203. The van der Waals surface area contributed by atoms with E-state index in [2.05, 4.69) is 10.5 Å². The summed E-state index contributed by atoms with van der Waals surface area (Å²) in [6.45, 7) is 0.653. The number of carbonyl (C=O) groups excluding carboxylic acids is 1. The van der Waals surface area contributed by atoms with E-state index in [0.29, 0.717) is 19.4 Å². The number of carbonyl (C=O) groups is 1. The molecule has 0 unspecified atom stereocenters. The number of nitrogens with zero attached hydrogens (tertiary/aromatic N) is 1. The van der Waals surface area contributed by atoms with Crippen molar-refractivity contribution in [2.45, 2.75) is 19.3 Å². The lowest BCUT2D eigenvalue weighted by molar-refractivity contribution is -0.124. The zero-order chi connectivity index (χ0) is 11.3. The SMILES string of the molecule is CSCCCNC(=O)C1(C(N)=NO)CC1. The van der Waals surface area contributed by atoms with Crippen LogP contribution in [0.3, 0.4) is 0 Å². The summed E-state index contributed by atoms with van der Waals surface area (Å²) in [5.74, 6) is 0.945. The third-order valence-corrected chi connectivity index (χ3v) is 3.29. The second-order valence-corrected chi connectivity index (χ2v) is 4.66. The summed E-state index contributed by atoms with van der Waals surface area (Å²) in [5, 5.41) is 14.3. The van der Waals surface area contributed by atoms with E-state index in [1.54, 1.807) is 11.8 Å². The summed E-state index contributed by atoms with van der Waals surface area (Å²) in [5.41, 5.74) is 4.77. The Morgan fingerprint density at radius 2 is 2.33 bits per heavy atom. The third-order valence-electron chi connectivity index (χ3n) is 2.59. The first-order chi connectivity index (χ1) is 7.17. The highest BCUT2D eigenvalue weighted by atomic mass is 32.2. The molecule has 0 atom stereocenters. The average Bonchev–Trinajstić information content (AvgIpc) is 3.04. The van der Waals surface area contributed by atoms with E-state index in [-0.39, 0.29) is 11.7 Å². The van der Waals surface area contributed by atoms with Gasteiger partial charge < -0.3 is 16.3 Å². The zero-order valence-corrected chi connectivity index (χ0v) is 9.64. The van der Waals surface area contributed by atoms with Crippen LogP contribution >= 0.6 is 11.8 Å². The second-order valence-electron chi connectivity index (χ2n) is 3.67. The van der Waals surface area contributed by atoms with Gasteiger partial charge in [0.05, 0.1) is 0 Å². The maximum absolute atomic E-state index is 11.7. The van der Waals surface area contributed by atoms with Crippen molar-refractivity contribution < 1.29 is 10.0 Å². The molecule has 0 heterocycles. The van der Waals surface area contributed by atoms with E-state index >= 15 is 0 Å². The predicted molar refractivity (Wildman–Crippen MR) is 61.1 cm³/mol. The first-order valence-corrected chi connectivity index (χ1v) is 6.32. The van der Waals surface area contributed by atoms with Crippen molar-refractivity contribution in [2.24, 2.45) is 16.3 Å². The number of amides is 1. The van der Waals surface area contributed by atoms with Crippen molar-refractivity contribution in [3.05, 3.63) is 0 Å². The van der Waals surface area contributed by atoms with Crippen molar-refractivity contribution in [3.63, 3.8) is 0 Å². The maximum atomic E-state index is 11.7. The normalized spacial score (nSPS) is 18.6. The topological polar surface area (TPSA) is 87.7 Å². The molecular formula is C9H17N3O2S. The molecule has 5 nitrogen and oxygen atoms in total. The summed E-state index contributed by atoms with van der Waals surface area (Å²) >= 11 is 1.75. The molecule has 0 bridgehead atoms. The molecule has 1 rings (SSSR count). The molecule has 1 saturated carbocycles. The van der Waals surface area contributed by atoms with E-state index < -0.39 is 5.41 Å². The number of oxime groups is 1. The minimum atomic E-state index is -0.714. The number of hydrogen-bond acceptors (Lipinski definition) is 4. The van der Waals surface area contributed by atoms with Gasteiger partial charge in [-0.3, -0.25) is 4.79 Å². The van der Waals surface area contributed by atoms with Gasteiger partial charge in [0.1, 0.15) is 5.41 Å². The molecule has 0 spiro atoms. The van der Waals surface area contributed by atoms with Crippen LogP contribution in [0, 0.1) is 5.41 Å². The summed E-state index contributed by atoms with van der Waals surface area (Å²) in [6, 6.07) is 0. The molecule has 1 amide bonds. The molecule has 0 saturated heterocycles. The summed E-state index contributed by atoms with van der Waals surface area (Å²) in [6.07, 6.45) is 4.33. The number of hydrogen-bond donors (Lipinski definition) is 3. The Balaban J connectivity index is 2.34. The van der Waals surface area contributed by atoms with Crippen LogP contribution in [0.15, 0.2) is 5.16 Å². The maximum Gasteiger partial charge on any atom is 0.233 e. The first kappa shape index (κ1) is 12.2.